The van der Waals surface area contributed by atoms with Crippen molar-refractivity contribution in [1.29, 1.82) is 0 Å². The molecule has 0 aliphatic carbocycles. The number of hydrogen-bond acceptors (Lipinski definition) is 4. The third-order valence-electron chi connectivity index (χ3n) is 4.60. The Balaban J connectivity index is 1.52. The molecule has 1 amide bonds. The summed E-state index contributed by atoms with van der Waals surface area (Å²) in [5.74, 6) is -0.424. The Morgan fingerprint density at radius 3 is 2.41 bits per heavy atom. The van der Waals surface area contributed by atoms with Gasteiger partial charge in [0.15, 0.2) is 0 Å². The lowest BCUT2D eigenvalue weighted by Crippen LogP contribution is -2.49. The van der Waals surface area contributed by atoms with Crippen molar-refractivity contribution in [2.24, 2.45) is 0 Å². The molecule has 0 N–H and O–H groups in total. The van der Waals surface area contributed by atoms with Crippen LogP contribution in [0.15, 0.2) is 42.7 Å². The fourth-order valence-corrected chi connectivity index (χ4v) is 3.47. The highest BCUT2D eigenvalue weighted by atomic mass is 35.5. The number of piperazine rings is 1. The van der Waals surface area contributed by atoms with Crippen LogP contribution in [-0.2, 0) is 0 Å². The number of halogens is 3. The zero-order valence-corrected chi connectivity index (χ0v) is 15.0. The van der Waals surface area contributed by atoms with E-state index < -0.39 is 5.82 Å². The van der Waals surface area contributed by atoms with Crippen molar-refractivity contribution >= 4 is 34.2 Å². The Morgan fingerprint density at radius 2 is 1.67 bits per heavy atom. The maximum atomic E-state index is 13.6. The van der Waals surface area contributed by atoms with Gasteiger partial charge in [0.1, 0.15) is 23.8 Å². The molecule has 0 atom stereocenters. The van der Waals surface area contributed by atoms with Crippen LogP contribution in [0.5, 0.6) is 0 Å². The van der Waals surface area contributed by atoms with E-state index in [4.69, 9.17) is 11.6 Å². The van der Waals surface area contributed by atoms with Crippen molar-refractivity contribution in [2.75, 3.05) is 31.1 Å². The van der Waals surface area contributed by atoms with Crippen LogP contribution < -0.4 is 4.90 Å². The number of carbonyl (C=O) groups excluding carboxylic acids is 1. The van der Waals surface area contributed by atoms with E-state index in [1.165, 1.54) is 30.6 Å². The number of nitrogens with zero attached hydrogens (tertiary/aromatic N) is 4. The van der Waals surface area contributed by atoms with E-state index in [2.05, 4.69) is 9.97 Å². The Hall–Kier alpha value is -2.80. The van der Waals surface area contributed by atoms with Gasteiger partial charge in [0.25, 0.3) is 5.91 Å². The normalized spacial score (nSPS) is 14.6. The summed E-state index contributed by atoms with van der Waals surface area (Å²) in [6.07, 6.45) is 1.45. The second kappa shape index (κ2) is 7.08. The van der Waals surface area contributed by atoms with E-state index >= 15 is 0 Å². The fraction of sp³-hybridized carbons (Fsp3) is 0.211. The smallest absolute Gasteiger partial charge is 0.255 e. The highest BCUT2D eigenvalue weighted by Gasteiger charge is 2.25. The summed E-state index contributed by atoms with van der Waals surface area (Å²) in [6, 6.07) is 8.14. The molecule has 1 saturated heterocycles. The van der Waals surface area contributed by atoms with Gasteiger partial charge in [-0.2, -0.15) is 0 Å². The van der Waals surface area contributed by atoms with Gasteiger partial charge in [0.2, 0.25) is 0 Å². The summed E-state index contributed by atoms with van der Waals surface area (Å²) < 4.78 is 26.8. The number of hydrogen-bond donors (Lipinski definition) is 0. The molecule has 0 unspecified atom stereocenters. The van der Waals surface area contributed by atoms with E-state index in [9.17, 15) is 13.6 Å². The highest BCUT2D eigenvalue weighted by Crippen LogP contribution is 2.25. The molecule has 1 aliphatic rings. The molecule has 1 aromatic heterocycles. The minimum atomic E-state index is -0.482. The van der Waals surface area contributed by atoms with Crippen LogP contribution in [0.2, 0.25) is 5.02 Å². The van der Waals surface area contributed by atoms with Gasteiger partial charge >= 0.3 is 0 Å². The Kier molecular flexibility index (Phi) is 4.61. The lowest BCUT2D eigenvalue weighted by Gasteiger charge is -2.36. The first-order valence-electron chi connectivity index (χ1n) is 8.42. The summed E-state index contributed by atoms with van der Waals surface area (Å²) in [5.41, 5.74) is 0.944. The molecule has 2 aromatic carbocycles. The van der Waals surface area contributed by atoms with Crippen molar-refractivity contribution in [3.05, 3.63) is 64.9 Å². The summed E-state index contributed by atoms with van der Waals surface area (Å²) in [7, 11) is 0. The maximum Gasteiger partial charge on any atom is 0.255 e. The summed E-state index contributed by atoms with van der Waals surface area (Å²) >= 11 is 6.00. The zero-order chi connectivity index (χ0) is 19.0. The van der Waals surface area contributed by atoms with Gasteiger partial charge < -0.3 is 9.80 Å². The number of rotatable bonds is 2. The van der Waals surface area contributed by atoms with Gasteiger partial charge in [-0.05, 0) is 36.4 Å². The van der Waals surface area contributed by atoms with Gasteiger partial charge in [0, 0.05) is 31.6 Å². The maximum absolute atomic E-state index is 13.6. The van der Waals surface area contributed by atoms with Crippen molar-refractivity contribution < 1.29 is 13.6 Å². The van der Waals surface area contributed by atoms with Crippen LogP contribution in [0.25, 0.3) is 10.9 Å². The third kappa shape index (κ3) is 3.42. The van der Waals surface area contributed by atoms with Crippen LogP contribution in [0.4, 0.5) is 14.6 Å². The molecule has 138 valence electrons. The van der Waals surface area contributed by atoms with Gasteiger partial charge in [-0.1, -0.05) is 11.6 Å². The molecule has 0 bridgehead atoms. The molecule has 4 rings (SSSR count). The molecule has 1 aliphatic heterocycles. The molecule has 3 aromatic rings. The molecule has 5 nitrogen and oxygen atoms in total. The van der Waals surface area contributed by atoms with E-state index in [0.717, 1.165) is 6.07 Å². The van der Waals surface area contributed by atoms with Gasteiger partial charge in [-0.3, -0.25) is 4.79 Å². The monoisotopic (exact) mass is 388 g/mol. The predicted octanol–water partition coefficient (Wildman–Crippen LogP) is 3.52. The summed E-state index contributed by atoms with van der Waals surface area (Å²) in [5, 5.41) is 0.735. The zero-order valence-electron chi connectivity index (χ0n) is 14.2. The first kappa shape index (κ1) is 17.6. The Bertz CT molecular complexity index is 1020. The van der Waals surface area contributed by atoms with E-state index in [-0.39, 0.29) is 22.3 Å². The average Bonchev–Trinajstić information content (AvgIpc) is 2.67. The standard InChI is InChI=1S/C19H15ClF2N4O/c20-16-10-13(22)1-3-14(16)19(27)26-7-5-25(6-8-26)18-15-9-12(21)2-4-17(15)23-11-24-18/h1-4,9-11H,5-8H2. The van der Waals surface area contributed by atoms with Crippen LogP contribution >= 0.6 is 11.6 Å². The molecule has 0 radical (unpaired) electrons. The van der Waals surface area contributed by atoms with Crippen molar-refractivity contribution in [2.45, 2.75) is 0 Å². The second-order valence-corrected chi connectivity index (χ2v) is 6.67. The van der Waals surface area contributed by atoms with Crippen LogP contribution in [0, 0.1) is 11.6 Å². The minimum Gasteiger partial charge on any atom is -0.352 e. The summed E-state index contributed by atoms with van der Waals surface area (Å²) in [6.45, 7) is 1.97. The number of benzene rings is 2. The largest absolute Gasteiger partial charge is 0.352 e. The van der Waals surface area contributed by atoms with Crippen molar-refractivity contribution in [3.8, 4) is 0 Å². The molecular formula is C19H15ClF2N4O. The van der Waals surface area contributed by atoms with E-state index in [0.29, 0.717) is 42.9 Å². The van der Waals surface area contributed by atoms with E-state index in [1.54, 1.807) is 11.0 Å². The van der Waals surface area contributed by atoms with Crippen molar-refractivity contribution in [3.63, 3.8) is 0 Å². The summed E-state index contributed by atoms with van der Waals surface area (Å²) in [4.78, 5) is 24.8. The lowest BCUT2D eigenvalue weighted by molar-refractivity contribution is 0.0746. The number of amides is 1. The minimum absolute atomic E-state index is 0.0969. The predicted molar refractivity (Wildman–Crippen MR) is 99.0 cm³/mol. The van der Waals surface area contributed by atoms with Gasteiger partial charge in [-0.15, -0.1) is 0 Å². The van der Waals surface area contributed by atoms with Crippen LogP contribution in [0.1, 0.15) is 10.4 Å². The molecular weight excluding hydrogens is 374 g/mol. The topological polar surface area (TPSA) is 49.3 Å². The number of fused-ring (bicyclic) bond motifs is 1. The molecule has 2 heterocycles. The SMILES string of the molecule is O=C(c1ccc(F)cc1Cl)N1CCN(c2ncnc3ccc(F)cc23)CC1. The quantitative estimate of drug-likeness (QED) is 0.674. The molecule has 8 heteroatoms. The molecule has 0 spiro atoms. The number of anilines is 1. The Morgan fingerprint density at radius 1 is 0.963 bits per heavy atom. The average molecular weight is 389 g/mol. The Labute approximate surface area is 159 Å². The van der Waals surface area contributed by atoms with Gasteiger partial charge in [0.05, 0.1) is 16.1 Å². The molecule has 0 saturated carbocycles. The third-order valence-corrected chi connectivity index (χ3v) is 4.92. The first-order valence-corrected chi connectivity index (χ1v) is 8.80. The van der Waals surface area contributed by atoms with E-state index in [1.807, 2.05) is 4.90 Å². The van der Waals surface area contributed by atoms with Crippen LogP contribution in [-0.4, -0.2) is 47.0 Å². The van der Waals surface area contributed by atoms with Crippen molar-refractivity contribution in [1.82, 2.24) is 14.9 Å². The van der Waals surface area contributed by atoms with Gasteiger partial charge in [-0.25, -0.2) is 18.7 Å². The number of carbonyl (C=O) groups is 1. The fourth-order valence-electron chi connectivity index (χ4n) is 3.22. The highest BCUT2D eigenvalue weighted by molar-refractivity contribution is 6.33. The van der Waals surface area contributed by atoms with Crippen LogP contribution in [0.3, 0.4) is 0 Å². The molecule has 1 fully saturated rings. The first-order chi connectivity index (χ1) is 13.0. The lowest BCUT2D eigenvalue weighted by atomic mass is 10.1. The molecule has 27 heavy (non-hydrogen) atoms. The number of aromatic nitrogens is 2. The second-order valence-electron chi connectivity index (χ2n) is 6.26.